The number of rotatable bonds is 6. The van der Waals surface area contributed by atoms with Crippen LogP contribution < -0.4 is 5.63 Å². The maximum atomic E-state index is 12.6. The van der Waals surface area contributed by atoms with Gasteiger partial charge in [-0.2, -0.15) is 0 Å². The number of halogens is 1. The second kappa shape index (κ2) is 8.59. The number of thioether (sulfide) groups is 1. The van der Waals surface area contributed by atoms with Gasteiger partial charge in [0.1, 0.15) is 5.58 Å². The molecule has 0 atom stereocenters. The zero-order chi connectivity index (χ0) is 20.4. The quantitative estimate of drug-likeness (QED) is 0.238. The van der Waals surface area contributed by atoms with Crippen molar-refractivity contribution < 1.29 is 4.42 Å². The number of imidazole rings is 1. The van der Waals surface area contributed by atoms with Crippen LogP contribution in [0.4, 0.5) is 0 Å². The van der Waals surface area contributed by atoms with E-state index >= 15 is 0 Å². The molecule has 4 rings (SSSR count). The fourth-order valence-corrected chi connectivity index (χ4v) is 4.50. The molecule has 0 aliphatic carbocycles. The number of hydrogen-bond acceptors (Lipinski definition) is 4. The van der Waals surface area contributed by atoms with Crippen molar-refractivity contribution in [2.24, 2.45) is 5.92 Å². The van der Waals surface area contributed by atoms with E-state index in [9.17, 15) is 4.79 Å². The first-order valence-electron chi connectivity index (χ1n) is 9.52. The highest BCUT2D eigenvalue weighted by Crippen LogP contribution is 2.29. The van der Waals surface area contributed by atoms with Crippen molar-refractivity contribution in [3.8, 4) is 16.9 Å². The van der Waals surface area contributed by atoms with Crippen LogP contribution in [0, 0.1) is 5.92 Å². The number of benzene rings is 2. The Labute approximate surface area is 182 Å². The molecule has 4 nitrogen and oxygen atoms in total. The standard InChI is InChI=1S/C23H21BrN2O2S/c1-15(2)11-12-29-23-25-20(14-26(23)18-9-7-17(24)8-10-18)19-13-16-5-3-4-6-21(16)28-22(19)27/h3-10,13-15H,11-12H2,1-2H3. The Hall–Kier alpha value is -2.31. The van der Waals surface area contributed by atoms with E-state index < -0.39 is 0 Å². The lowest BCUT2D eigenvalue weighted by atomic mass is 10.1. The fourth-order valence-electron chi connectivity index (χ4n) is 3.01. The van der Waals surface area contributed by atoms with Crippen LogP contribution in [0.2, 0.25) is 0 Å². The molecule has 29 heavy (non-hydrogen) atoms. The molecule has 0 bridgehead atoms. The molecule has 0 saturated carbocycles. The highest BCUT2D eigenvalue weighted by molar-refractivity contribution is 9.10. The maximum Gasteiger partial charge on any atom is 0.345 e. The summed E-state index contributed by atoms with van der Waals surface area (Å²) in [4.78, 5) is 17.4. The highest BCUT2D eigenvalue weighted by atomic mass is 79.9. The van der Waals surface area contributed by atoms with Crippen molar-refractivity contribution >= 4 is 38.7 Å². The van der Waals surface area contributed by atoms with Crippen LogP contribution in [0.1, 0.15) is 20.3 Å². The smallest absolute Gasteiger partial charge is 0.345 e. The SMILES string of the molecule is CC(C)CCSc1nc(-c2cc3ccccc3oc2=O)cn1-c1ccc(Br)cc1. The predicted molar refractivity (Wildman–Crippen MR) is 123 cm³/mol. The third-order valence-electron chi connectivity index (χ3n) is 4.62. The summed E-state index contributed by atoms with van der Waals surface area (Å²) in [7, 11) is 0. The van der Waals surface area contributed by atoms with Crippen LogP contribution in [0.25, 0.3) is 27.9 Å². The molecule has 2 aromatic heterocycles. The summed E-state index contributed by atoms with van der Waals surface area (Å²) < 4.78 is 8.57. The van der Waals surface area contributed by atoms with Gasteiger partial charge in [0.25, 0.3) is 0 Å². The molecule has 0 radical (unpaired) electrons. The topological polar surface area (TPSA) is 48.0 Å². The minimum absolute atomic E-state index is 0.372. The molecule has 0 N–H and O–H groups in total. The number of aromatic nitrogens is 2. The summed E-state index contributed by atoms with van der Waals surface area (Å²) in [6.07, 6.45) is 3.02. The number of para-hydroxylation sites is 1. The molecule has 0 fully saturated rings. The van der Waals surface area contributed by atoms with Gasteiger partial charge in [-0.15, -0.1) is 0 Å². The van der Waals surface area contributed by atoms with Gasteiger partial charge in [-0.05, 0) is 48.7 Å². The first-order chi connectivity index (χ1) is 14.0. The third-order valence-corrected chi connectivity index (χ3v) is 6.14. The number of nitrogens with zero attached hydrogens (tertiary/aromatic N) is 2. The Bertz CT molecular complexity index is 1200. The van der Waals surface area contributed by atoms with Crippen molar-refractivity contribution in [1.29, 1.82) is 0 Å². The summed E-state index contributed by atoms with van der Waals surface area (Å²) in [5.74, 6) is 1.60. The first kappa shape index (κ1) is 20.0. The summed E-state index contributed by atoms with van der Waals surface area (Å²) in [6.45, 7) is 4.43. The van der Waals surface area contributed by atoms with E-state index in [0.29, 0.717) is 22.8 Å². The molecule has 2 aromatic carbocycles. The van der Waals surface area contributed by atoms with Crippen LogP contribution in [0.5, 0.6) is 0 Å². The van der Waals surface area contributed by atoms with Gasteiger partial charge in [-0.25, -0.2) is 9.78 Å². The molecular formula is C23H21BrN2O2S. The van der Waals surface area contributed by atoms with Gasteiger partial charge >= 0.3 is 5.63 Å². The molecule has 148 valence electrons. The lowest BCUT2D eigenvalue weighted by molar-refractivity contribution is 0.563. The van der Waals surface area contributed by atoms with Gasteiger partial charge in [-0.1, -0.05) is 59.7 Å². The molecular weight excluding hydrogens is 448 g/mol. The van der Waals surface area contributed by atoms with Crippen LogP contribution >= 0.6 is 27.7 Å². The Morgan fingerprint density at radius 1 is 1.14 bits per heavy atom. The fraction of sp³-hybridized carbons (Fsp3) is 0.217. The molecule has 0 saturated heterocycles. The minimum Gasteiger partial charge on any atom is -0.422 e. The van der Waals surface area contributed by atoms with E-state index in [1.165, 1.54) is 0 Å². The predicted octanol–water partition coefficient (Wildman–Crippen LogP) is 6.55. The summed E-state index contributed by atoms with van der Waals surface area (Å²) in [5, 5.41) is 1.75. The molecule has 0 unspecified atom stereocenters. The molecule has 4 aromatic rings. The Morgan fingerprint density at radius 3 is 2.66 bits per heavy atom. The van der Waals surface area contributed by atoms with E-state index in [0.717, 1.165) is 32.9 Å². The summed E-state index contributed by atoms with van der Waals surface area (Å²) in [5.41, 5.74) is 2.32. The second-order valence-electron chi connectivity index (χ2n) is 7.27. The summed E-state index contributed by atoms with van der Waals surface area (Å²) in [6, 6.07) is 17.5. The Morgan fingerprint density at radius 2 is 1.90 bits per heavy atom. The highest BCUT2D eigenvalue weighted by Gasteiger charge is 2.16. The second-order valence-corrected chi connectivity index (χ2v) is 9.25. The van der Waals surface area contributed by atoms with E-state index in [4.69, 9.17) is 9.40 Å². The van der Waals surface area contributed by atoms with Crippen LogP contribution in [0.3, 0.4) is 0 Å². The van der Waals surface area contributed by atoms with Gasteiger partial charge in [0.05, 0.1) is 11.3 Å². The van der Waals surface area contributed by atoms with Crippen molar-refractivity contribution in [2.75, 3.05) is 5.75 Å². The van der Waals surface area contributed by atoms with Gasteiger partial charge in [0.15, 0.2) is 5.16 Å². The third kappa shape index (κ3) is 4.49. The molecule has 0 spiro atoms. The van der Waals surface area contributed by atoms with Crippen LogP contribution in [0.15, 0.2) is 79.6 Å². The molecule has 0 aliphatic heterocycles. The molecule has 2 heterocycles. The molecule has 0 amide bonds. The van der Waals surface area contributed by atoms with E-state index in [-0.39, 0.29) is 5.63 Å². The average molecular weight is 469 g/mol. The van der Waals surface area contributed by atoms with Crippen LogP contribution in [-0.2, 0) is 0 Å². The van der Waals surface area contributed by atoms with Gasteiger partial charge in [0.2, 0.25) is 0 Å². The largest absolute Gasteiger partial charge is 0.422 e. The van der Waals surface area contributed by atoms with E-state index in [1.54, 1.807) is 17.8 Å². The van der Waals surface area contributed by atoms with Crippen molar-refractivity contribution in [2.45, 2.75) is 25.4 Å². The maximum absolute atomic E-state index is 12.6. The Kier molecular flexibility index (Phi) is 5.92. The number of fused-ring (bicyclic) bond motifs is 1. The zero-order valence-corrected chi connectivity index (χ0v) is 18.7. The van der Waals surface area contributed by atoms with Crippen LogP contribution in [-0.4, -0.2) is 15.3 Å². The summed E-state index contributed by atoms with van der Waals surface area (Å²) >= 11 is 5.19. The van der Waals surface area contributed by atoms with E-state index in [1.807, 2.05) is 59.3 Å². The lowest BCUT2D eigenvalue weighted by Gasteiger charge is -2.08. The monoisotopic (exact) mass is 468 g/mol. The molecule has 6 heteroatoms. The number of hydrogen-bond donors (Lipinski definition) is 0. The lowest BCUT2D eigenvalue weighted by Crippen LogP contribution is -2.02. The van der Waals surface area contributed by atoms with Crippen molar-refractivity contribution in [3.63, 3.8) is 0 Å². The zero-order valence-electron chi connectivity index (χ0n) is 16.3. The van der Waals surface area contributed by atoms with Gasteiger partial charge < -0.3 is 4.42 Å². The van der Waals surface area contributed by atoms with Gasteiger partial charge in [-0.3, -0.25) is 4.57 Å². The average Bonchev–Trinajstić information content (AvgIpc) is 3.11. The minimum atomic E-state index is -0.372. The van der Waals surface area contributed by atoms with Crippen molar-refractivity contribution in [3.05, 3.63) is 75.7 Å². The van der Waals surface area contributed by atoms with E-state index in [2.05, 4.69) is 29.8 Å². The molecule has 0 aliphatic rings. The van der Waals surface area contributed by atoms with Gasteiger partial charge in [0, 0.05) is 27.5 Å². The van der Waals surface area contributed by atoms with Crippen molar-refractivity contribution in [1.82, 2.24) is 9.55 Å². The normalized spacial score (nSPS) is 11.4. The Balaban J connectivity index is 1.79. The first-order valence-corrected chi connectivity index (χ1v) is 11.3.